The molecule has 0 radical (unpaired) electrons. The summed E-state index contributed by atoms with van der Waals surface area (Å²) >= 11 is -0.243. The van der Waals surface area contributed by atoms with Crippen LogP contribution in [0.1, 0.15) is 41.7 Å². The summed E-state index contributed by atoms with van der Waals surface area (Å²) in [6.07, 6.45) is 2.04. The molecule has 0 unspecified atom stereocenters. The zero-order valence-corrected chi connectivity index (χ0v) is 26.6. The molecule has 0 amide bonds. The van der Waals surface area contributed by atoms with Gasteiger partial charge in [0.05, 0.1) is 0 Å². The predicted molar refractivity (Wildman–Crippen MR) is 155 cm³/mol. The molecule has 1 aliphatic rings. The summed E-state index contributed by atoms with van der Waals surface area (Å²) < 4.78 is 22.5. The monoisotopic (exact) mass is 659 g/mol. The summed E-state index contributed by atoms with van der Waals surface area (Å²) in [5, 5.41) is 0. The normalized spacial score (nSPS) is 14.1. The first kappa shape index (κ1) is 32.2. The molecule has 2 aromatic carbocycles. The van der Waals surface area contributed by atoms with Crippen LogP contribution in [0.25, 0.3) is 0 Å². The van der Waals surface area contributed by atoms with E-state index >= 15 is 0 Å². The fraction of sp³-hybridized carbons (Fsp3) is 0.444. The van der Waals surface area contributed by atoms with Gasteiger partial charge in [0.2, 0.25) is 0 Å². The molecular weight excluding hydrogens is 621 g/mol. The molecule has 1 heterocycles. The van der Waals surface area contributed by atoms with Gasteiger partial charge in [-0.25, -0.2) is 0 Å². The van der Waals surface area contributed by atoms with E-state index in [4.69, 9.17) is 24.1 Å². The van der Waals surface area contributed by atoms with Crippen LogP contribution in [-0.2, 0) is 24.8 Å². The third-order valence-corrected chi connectivity index (χ3v) is 8.08. The Hall–Kier alpha value is -1.02. The van der Waals surface area contributed by atoms with E-state index in [1.807, 2.05) is 25.8 Å². The Balaban J connectivity index is 0.000000269. The maximum Gasteiger partial charge on any atom is 0.0142 e. The Kier molecular flexibility index (Phi) is 13.5. The van der Waals surface area contributed by atoms with Crippen LogP contribution < -0.4 is 4.90 Å². The second kappa shape index (κ2) is 15.5. The third-order valence-electron chi connectivity index (χ3n) is 5.50. The van der Waals surface area contributed by atoms with Crippen molar-refractivity contribution in [3.63, 3.8) is 0 Å². The Morgan fingerprint density at radius 2 is 1.86 bits per heavy atom. The summed E-state index contributed by atoms with van der Waals surface area (Å²) in [5.74, 6) is -0.365. The minimum absolute atomic E-state index is 0.0395. The molecule has 1 N–H and O–H groups in total. The van der Waals surface area contributed by atoms with Crippen LogP contribution in [0, 0.1) is 33.3 Å². The van der Waals surface area contributed by atoms with Gasteiger partial charge in [-0.2, -0.15) is 6.67 Å². The summed E-state index contributed by atoms with van der Waals surface area (Å²) in [5.41, 5.74) is 7.07. The van der Waals surface area contributed by atoms with Crippen LogP contribution in [0.4, 0.5) is 10.1 Å². The molecule has 1 aliphatic heterocycles. The van der Waals surface area contributed by atoms with Gasteiger partial charge < -0.3 is 9.21 Å². The molecule has 5 nitrogen and oxygen atoms in total. The number of nitrogens with zero attached hydrogens (tertiary/aromatic N) is 3. The van der Waals surface area contributed by atoms with Gasteiger partial charge in [0, 0.05) is 12.2 Å². The van der Waals surface area contributed by atoms with Crippen molar-refractivity contribution >= 4 is 47.6 Å². The summed E-state index contributed by atoms with van der Waals surface area (Å²) in [7, 11) is 13.6. The predicted octanol–water partition coefficient (Wildman–Crippen LogP) is 6.39. The largest absolute Gasteiger partial charge is 0.506 e. The number of anilines is 1. The van der Waals surface area contributed by atoms with Crippen molar-refractivity contribution < 1.29 is 27.4 Å². The van der Waals surface area contributed by atoms with E-state index in [0.717, 1.165) is 18.7 Å². The Morgan fingerprint density at radius 3 is 2.41 bits per heavy atom. The molecule has 37 heavy (non-hydrogen) atoms. The molecular formula is C27H38Cl2FN3O2RuS. The summed E-state index contributed by atoms with van der Waals surface area (Å²) in [6, 6.07) is 9.04. The molecule has 10 heteroatoms. The van der Waals surface area contributed by atoms with Gasteiger partial charge in [-0.15, -0.1) is 11.9 Å². The molecule has 2 aromatic rings. The Labute approximate surface area is 238 Å². The minimum Gasteiger partial charge on any atom is -0.506 e. The van der Waals surface area contributed by atoms with Gasteiger partial charge in [0.1, 0.15) is 0 Å². The molecule has 1 fully saturated rings. The first-order chi connectivity index (χ1) is 17.4. The maximum atomic E-state index is 13.3. The van der Waals surface area contributed by atoms with E-state index in [1.165, 1.54) is 34.5 Å². The smallest absolute Gasteiger partial charge is 0.0142 e. The first-order valence-corrected chi connectivity index (χ1v) is 18.6. The van der Waals surface area contributed by atoms with E-state index in [0.29, 0.717) is 12.1 Å². The Morgan fingerprint density at radius 1 is 1.22 bits per heavy atom. The standard InChI is InChI=1S/C14H18FNO2.C13H19N2S.2ClH.Ru/c1-10(2)18-14(17)9-16(4)8-12-5-6-13(15)7-11(12)3;1-10-7-11(2)13(12(3)8-10)14-5-6-15(9-14)16-4;;;/h3,5-7,10H,8-9H2,1-2,4H3;7-9H,5-6H2,1-4H3;2*1H;/q;-1;;;+2/p-1. The van der Waals surface area contributed by atoms with Crippen LogP contribution in [0.2, 0.25) is 0 Å². The first-order valence-electron chi connectivity index (χ1n) is 11.9. The topological polar surface area (TPSA) is 40.4 Å². The van der Waals surface area contributed by atoms with Gasteiger partial charge in [-0.3, -0.25) is 0 Å². The minimum atomic E-state index is -2.03. The molecule has 0 atom stereocenters. The Bertz CT molecular complexity index is 1080. The summed E-state index contributed by atoms with van der Waals surface area (Å²) in [4.78, 5) is 13.9. The number of hydrogen-bond donors (Lipinski definition) is 0. The molecule has 0 saturated carbocycles. The average Bonchev–Trinajstić information content (AvgIpc) is 3.23. The van der Waals surface area contributed by atoms with Crippen LogP contribution >= 0.6 is 31.3 Å². The molecule has 208 valence electrons. The van der Waals surface area contributed by atoms with Gasteiger partial charge in [0.15, 0.2) is 0 Å². The van der Waals surface area contributed by atoms with Crippen molar-refractivity contribution in [3.05, 3.63) is 70.6 Å². The fourth-order valence-electron chi connectivity index (χ4n) is 4.19. The van der Waals surface area contributed by atoms with E-state index in [1.54, 1.807) is 22.6 Å². The number of hydrogen-bond acceptors (Lipinski definition) is 5. The third kappa shape index (κ3) is 10.9. The van der Waals surface area contributed by atoms with Crippen LogP contribution in [0.15, 0.2) is 30.3 Å². The van der Waals surface area contributed by atoms with Crippen LogP contribution in [0.5, 0.6) is 0 Å². The SMILES string of the molecule is CC(C)OC(=[OH+])CN(C)Cc1ccc(F)cc1[CH]=[Ru]([Cl])[Cl].CSN1[CH-]N(c2c(C)cc(C)cc2C)CC1. The number of carbonyl (C=O) groups excluding carboxylic acids is 1. The van der Waals surface area contributed by atoms with Gasteiger partial charge in [0.25, 0.3) is 0 Å². The van der Waals surface area contributed by atoms with E-state index in [-0.39, 0.29) is 24.4 Å². The number of rotatable bonds is 8. The zero-order chi connectivity index (χ0) is 27.7. The second-order valence-corrected chi connectivity index (χ2v) is 15.8. The molecule has 1 saturated heterocycles. The molecule has 0 bridgehead atoms. The number of likely N-dealkylation sites (N-methyl/N-ethyl adjacent to an activating group) is 1. The van der Waals surface area contributed by atoms with E-state index in [2.05, 4.69) is 55.0 Å². The molecule has 0 spiro atoms. The fourth-order valence-corrected chi connectivity index (χ4v) is 6.52. The van der Waals surface area contributed by atoms with Gasteiger partial charge in [-0.05, 0) is 44.7 Å². The number of ether oxygens (including phenoxy) is 1. The van der Waals surface area contributed by atoms with Crippen molar-refractivity contribution in [1.29, 1.82) is 0 Å². The van der Waals surface area contributed by atoms with Crippen LogP contribution in [-0.4, -0.2) is 63.6 Å². The van der Waals surface area contributed by atoms with Crippen LogP contribution in [0.3, 0.4) is 0 Å². The van der Waals surface area contributed by atoms with Crippen molar-refractivity contribution in [2.45, 2.75) is 47.3 Å². The van der Waals surface area contributed by atoms with Gasteiger partial charge >= 0.3 is 138 Å². The van der Waals surface area contributed by atoms with Crippen molar-refractivity contribution in [2.24, 2.45) is 0 Å². The number of aryl methyl sites for hydroxylation is 3. The van der Waals surface area contributed by atoms with Crippen molar-refractivity contribution in [1.82, 2.24) is 9.21 Å². The van der Waals surface area contributed by atoms with Crippen molar-refractivity contribution in [2.75, 3.05) is 37.8 Å². The summed E-state index contributed by atoms with van der Waals surface area (Å²) in [6.45, 7) is 15.5. The van der Waals surface area contributed by atoms with E-state index < -0.39 is 13.5 Å². The number of benzene rings is 2. The maximum absolute atomic E-state index is 13.3. The van der Waals surface area contributed by atoms with Crippen molar-refractivity contribution in [3.8, 4) is 0 Å². The van der Waals surface area contributed by atoms with E-state index in [9.17, 15) is 9.18 Å². The number of halogens is 3. The second-order valence-electron chi connectivity index (χ2n) is 9.26. The van der Waals surface area contributed by atoms with Gasteiger partial charge in [-0.1, -0.05) is 17.7 Å². The quantitative estimate of drug-likeness (QED) is 0.108. The zero-order valence-electron chi connectivity index (χ0n) is 22.5. The average molecular weight is 660 g/mol. The number of esters is 1. The molecule has 3 rings (SSSR count). The molecule has 0 aromatic heterocycles. The molecule has 0 aliphatic carbocycles.